The van der Waals surface area contributed by atoms with Crippen molar-refractivity contribution in [2.75, 3.05) is 27.2 Å². The zero-order chi connectivity index (χ0) is 20.8. The number of hydrogen-bond acceptors (Lipinski definition) is 3. The van der Waals surface area contributed by atoms with E-state index in [1.54, 1.807) is 6.07 Å². The minimum absolute atomic E-state index is 0.148. The molecule has 0 aliphatic rings. The van der Waals surface area contributed by atoms with Gasteiger partial charge in [-0.15, -0.1) is 0 Å². The summed E-state index contributed by atoms with van der Waals surface area (Å²) in [5.41, 5.74) is 3.37. The Hall–Kier alpha value is -2.59. The molecule has 0 bridgehead atoms. The van der Waals surface area contributed by atoms with E-state index in [0.717, 1.165) is 22.0 Å². The van der Waals surface area contributed by atoms with Gasteiger partial charge in [-0.3, -0.25) is 9.69 Å². The van der Waals surface area contributed by atoms with Gasteiger partial charge in [0.25, 0.3) is 5.91 Å². The Kier molecular flexibility index (Phi) is 7.10. The van der Waals surface area contributed by atoms with E-state index >= 15 is 0 Å². The number of hydrogen-bond donors (Lipinski definition) is 3. The Morgan fingerprint density at radius 3 is 2.83 bits per heavy atom. The van der Waals surface area contributed by atoms with Crippen LogP contribution < -0.4 is 5.32 Å². The molecule has 0 spiro atoms. The van der Waals surface area contributed by atoms with E-state index in [0.29, 0.717) is 23.0 Å². The molecule has 3 rings (SSSR count). The number of para-hydroxylation sites is 1. The lowest BCUT2D eigenvalue weighted by atomic mass is 10.0. The fourth-order valence-corrected chi connectivity index (χ4v) is 3.49. The Bertz CT molecular complexity index is 1060. The molecule has 1 aromatic heterocycles. The number of rotatable bonds is 6. The molecule has 29 heavy (non-hydrogen) atoms. The zero-order valence-electron chi connectivity index (χ0n) is 16.5. The van der Waals surface area contributed by atoms with Crippen molar-refractivity contribution in [1.29, 1.82) is 0 Å². The molecule has 0 aliphatic heterocycles. The number of aliphatic hydroxyl groups is 1. The first kappa shape index (κ1) is 21.1. The average molecular weight is 454 g/mol. The standard InChI is InChI=1S/C23H24BrN3O2/c1-27(2)11-5-6-16-9-10-21(24)20(12-16)23(29)26-18(15-28)13-17-14-25-22-8-4-3-7-19(17)22/h3-4,7-10,12,14,18,25,28H,11,13,15H2,1-2H3,(H,26,29)/t18-/m1/s1. The molecule has 0 saturated heterocycles. The van der Waals surface area contributed by atoms with Crippen molar-refractivity contribution in [2.45, 2.75) is 12.5 Å². The number of carbonyl (C=O) groups is 1. The normalized spacial score (nSPS) is 11.9. The molecule has 0 saturated carbocycles. The molecule has 1 atom stereocenters. The average Bonchev–Trinajstić information content (AvgIpc) is 3.11. The molecule has 3 aromatic rings. The Morgan fingerprint density at radius 2 is 2.07 bits per heavy atom. The highest BCUT2D eigenvalue weighted by Gasteiger charge is 2.17. The monoisotopic (exact) mass is 453 g/mol. The van der Waals surface area contributed by atoms with Crippen LogP contribution in [0.3, 0.4) is 0 Å². The van der Waals surface area contributed by atoms with Crippen molar-refractivity contribution in [3.05, 3.63) is 69.8 Å². The van der Waals surface area contributed by atoms with Crippen LogP contribution in [0.2, 0.25) is 0 Å². The van der Waals surface area contributed by atoms with Crippen molar-refractivity contribution in [2.24, 2.45) is 0 Å². The van der Waals surface area contributed by atoms with E-state index in [-0.39, 0.29) is 12.5 Å². The molecule has 1 heterocycles. The number of fused-ring (bicyclic) bond motifs is 1. The fourth-order valence-electron chi connectivity index (χ4n) is 3.07. The Labute approximate surface area is 179 Å². The van der Waals surface area contributed by atoms with Crippen LogP contribution >= 0.6 is 15.9 Å². The number of nitrogens with one attached hydrogen (secondary N) is 2. The zero-order valence-corrected chi connectivity index (χ0v) is 18.1. The van der Waals surface area contributed by atoms with E-state index in [1.807, 2.05) is 61.6 Å². The number of carbonyl (C=O) groups excluding carboxylic acids is 1. The molecule has 5 nitrogen and oxygen atoms in total. The van der Waals surface area contributed by atoms with Gasteiger partial charge in [-0.1, -0.05) is 30.0 Å². The molecule has 2 aromatic carbocycles. The van der Waals surface area contributed by atoms with Gasteiger partial charge in [0.05, 0.1) is 24.8 Å². The van der Waals surface area contributed by atoms with Crippen LogP contribution in [-0.4, -0.2) is 54.2 Å². The molecular formula is C23H24BrN3O2. The fraction of sp³-hybridized carbons (Fsp3) is 0.261. The molecule has 1 amide bonds. The molecular weight excluding hydrogens is 430 g/mol. The van der Waals surface area contributed by atoms with Gasteiger partial charge in [0.15, 0.2) is 0 Å². The summed E-state index contributed by atoms with van der Waals surface area (Å²) in [6.45, 7) is 0.500. The van der Waals surface area contributed by atoms with E-state index < -0.39 is 6.04 Å². The van der Waals surface area contributed by atoms with Crippen molar-refractivity contribution < 1.29 is 9.90 Å². The third-order valence-corrected chi connectivity index (χ3v) is 5.23. The summed E-state index contributed by atoms with van der Waals surface area (Å²) in [6, 6.07) is 13.1. The van der Waals surface area contributed by atoms with Gasteiger partial charge >= 0.3 is 0 Å². The van der Waals surface area contributed by atoms with Crippen LogP contribution in [0.5, 0.6) is 0 Å². The van der Waals surface area contributed by atoms with Crippen LogP contribution in [-0.2, 0) is 6.42 Å². The first-order valence-electron chi connectivity index (χ1n) is 9.38. The van der Waals surface area contributed by atoms with Gasteiger partial charge < -0.3 is 15.4 Å². The highest BCUT2D eigenvalue weighted by molar-refractivity contribution is 9.10. The van der Waals surface area contributed by atoms with Crippen molar-refractivity contribution in [3.8, 4) is 11.8 Å². The number of aromatic amines is 1. The van der Waals surface area contributed by atoms with Gasteiger partial charge in [0.1, 0.15) is 0 Å². The second-order valence-electron chi connectivity index (χ2n) is 7.15. The minimum Gasteiger partial charge on any atom is -0.394 e. The number of benzene rings is 2. The summed E-state index contributed by atoms with van der Waals surface area (Å²) in [5, 5.41) is 13.9. The molecule has 150 valence electrons. The van der Waals surface area contributed by atoms with E-state index in [1.165, 1.54) is 0 Å². The second kappa shape index (κ2) is 9.75. The van der Waals surface area contributed by atoms with E-state index in [9.17, 15) is 9.90 Å². The lowest BCUT2D eigenvalue weighted by molar-refractivity contribution is 0.0915. The van der Waals surface area contributed by atoms with Gasteiger partial charge in [-0.2, -0.15) is 0 Å². The van der Waals surface area contributed by atoms with Gasteiger partial charge in [0, 0.05) is 27.1 Å². The molecule has 0 unspecified atom stereocenters. The first-order chi connectivity index (χ1) is 14.0. The largest absolute Gasteiger partial charge is 0.394 e. The Balaban J connectivity index is 1.74. The minimum atomic E-state index is -0.392. The summed E-state index contributed by atoms with van der Waals surface area (Å²) < 4.78 is 0.692. The number of halogens is 1. The number of aromatic nitrogens is 1. The first-order valence-corrected chi connectivity index (χ1v) is 10.2. The van der Waals surface area contributed by atoms with Crippen LogP contribution in [0, 0.1) is 11.8 Å². The summed E-state index contributed by atoms with van der Waals surface area (Å²) in [7, 11) is 3.91. The lowest BCUT2D eigenvalue weighted by Gasteiger charge is -2.17. The smallest absolute Gasteiger partial charge is 0.252 e. The number of H-pyrrole nitrogens is 1. The predicted octanol–water partition coefficient (Wildman–Crippen LogP) is 3.18. The van der Waals surface area contributed by atoms with Crippen LogP contribution in [0.25, 0.3) is 10.9 Å². The van der Waals surface area contributed by atoms with Crippen LogP contribution in [0.4, 0.5) is 0 Å². The summed E-state index contributed by atoms with van der Waals surface area (Å²) in [5.74, 6) is 5.90. The summed E-state index contributed by atoms with van der Waals surface area (Å²) in [4.78, 5) is 18.1. The predicted molar refractivity (Wildman–Crippen MR) is 120 cm³/mol. The maximum absolute atomic E-state index is 12.8. The van der Waals surface area contributed by atoms with Crippen LogP contribution in [0.15, 0.2) is 53.1 Å². The van der Waals surface area contributed by atoms with Crippen LogP contribution in [0.1, 0.15) is 21.5 Å². The summed E-state index contributed by atoms with van der Waals surface area (Å²) >= 11 is 3.44. The van der Waals surface area contributed by atoms with Crippen molar-refractivity contribution in [1.82, 2.24) is 15.2 Å². The Morgan fingerprint density at radius 1 is 1.28 bits per heavy atom. The SMILES string of the molecule is CN(C)CC#Cc1ccc(Br)c(C(=O)N[C@@H](CO)Cc2c[nH]c3ccccc23)c1. The highest BCUT2D eigenvalue weighted by atomic mass is 79.9. The van der Waals surface area contributed by atoms with Crippen molar-refractivity contribution in [3.63, 3.8) is 0 Å². The molecule has 0 fully saturated rings. The maximum atomic E-state index is 12.8. The third-order valence-electron chi connectivity index (χ3n) is 4.54. The summed E-state index contributed by atoms with van der Waals surface area (Å²) in [6.07, 6.45) is 2.46. The van der Waals surface area contributed by atoms with Gasteiger partial charge in [-0.05, 0) is 66.3 Å². The molecule has 3 N–H and O–H groups in total. The van der Waals surface area contributed by atoms with Gasteiger partial charge in [0.2, 0.25) is 0 Å². The quantitative estimate of drug-likeness (QED) is 0.502. The highest BCUT2D eigenvalue weighted by Crippen LogP contribution is 2.21. The number of amides is 1. The van der Waals surface area contributed by atoms with E-state index in [2.05, 4.69) is 38.1 Å². The van der Waals surface area contributed by atoms with Crippen molar-refractivity contribution >= 4 is 32.7 Å². The number of nitrogens with zero attached hydrogens (tertiary/aromatic N) is 1. The molecule has 6 heteroatoms. The van der Waals surface area contributed by atoms with Gasteiger partial charge in [-0.25, -0.2) is 0 Å². The lowest BCUT2D eigenvalue weighted by Crippen LogP contribution is -2.39. The molecule has 0 aliphatic carbocycles. The topological polar surface area (TPSA) is 68.4 Å². The second-order valence-corrected chi connectivity index (χ2v) is 8.01. The molecule has 0 radical (unpaired) electrons. The third kappa shape index (κ3) is 5.48. The van der Waals surface area contributed by atoms with E-state index in [4.69, 9.17) is 0 Å². The maximum Gasteiger partial charge on any atom is 0.252 e. The number of aliphatic hydroxyl groups excluding tert-OH is 1.